The number of nitrogens with one attached hydrogen (secondary N) is 1. The summed E-state index contributed by atoms with van der Waals surface area (Å²) in [6.45, 7) is 4.86. The number of hydrogen-bond acceptors (Lipinski definition) is 3. The average molecular weight is 790 g/mol. The highest BCUT2D eigenvalue weighted by Crippen LogP contribution is 2.50. The summed E-state index contributed by atoms with van der Waals surface area (Å²) in [7, 11) is 0. The molecule has 0 spiro atoms. The van der Waals surface area contributed by atoms with E-state index in [9.17, 15) is 0 Å². The number of hydrogen-bond donors (Lipinski definition) is 1. The van der Waals surface area contributed by atoms with Crippen LogP contribution in [0.5, 0.6) is 0 Å². The third kappa shape index (κ3) is 7.97. The number of rotatable bonds is 10. The molecule has 0 fully saturated rings. The summed E-state index contributed by atoms with van der Waals surface area (Å²) in [5, 5.41) is 4.27. The number of nitrogens with zero attached hydrogens (tertiary/aromatic N) is 2. The summed E-state index contributed by atoms with van der Waals surface area (Å²) in [6, 6.07) is 43.5. The van der Waals surface area contributed by atoms with Gasteiger partial charge in [-0.05, 0) is 89.1 Å². The van der Waals surface area contributed by atoms with E-state index in [4.69, 9.17) is 16.5 Å². The van der Waals surface area contributed by atoms with Crippen molar-refractivity contribution in [1.82, 2.24) is 15.3 Å². The average Bonchev–Trinajstić information content (AvgIpc) is 3.35. The molecule has 0 amide bonds. The van der Waals surface area contributed by atoms with Crippen LogP contribution in [-0.2, 0) is 0 Å². The molecule has 1 aliphatic heterocycles. The first-order chi connectivity index (χ1) is 30.2. The van der Waals surface area contributed by atoms with Crippen molar-refractivity contribution in [3.8, 4) is 11.4 Å². The van der Waals surface area contributed by atoms with E-state index in [2.05, 4.69) is 200 Å². The first kappa shape index (κ1) is 38.4. The molecule has 0 radical (unpaired) electrons. The second kappa shape index (κ2) is 17.4. The highest BCUT2D eigenvalue weighted by Gasteiger charge is 2.38. The number of aromatic nitrogens is 2. The number of fused-ring (bicyclic) bond motifs is 1. The van der Waals surface area contributed by atoms with Crippen LogP contribution in [0.4, 0.5) is 0 Å². The molecule has 0 bridgehead atoms. The topological polar surface area (TPSA) is 37.8 Å². The zero-order valence-electron chi connectivity index (χ0n) is 34.6. The van der Waals surface area contributed by atoms with E-state index in [1.54, 1.807) is 0 Å². The Kier molecular flexibility index (Phi) is 10.9. The lowest BCUT2D eigenvalue weighted by molar-refractivity contribution is 0.469. The smallest absolute Gasteiger partial charge is 0.160 e. The van der Waals surface area contributed by atoms with Crippen LogP contribution in [0.3, 0.4) is 0 Å². The molecule has 4 aromatic carbocycles. The van der Waals surface area contributed by atoms with Gasteiger partial charge in [-0.1, -0.05) is 200 Å². The molecule has 4 unspecified atom stereocenters. The first-order valence-electron chi connectivity index (χ1n) is 22.0. The fourth-order valence-electron chi connectivity index (χ4n) is 9.82. The van der Waals surface area contributed by atoms with Crippen LogP contribution in [0.1, 0.15) is 84.1 Å². The molecule has 5 aliphatic rings. The number of allylic oxidation sites excluding steroid dienone is 17. The van der Waals surface area contributed by atoms with Gasteiger partial charge in [0.15, 0.2) is 5.82 Å². The van der Waals surface area contributed by atoms with Gasteiger partial charge < -0.3 is 5.32 Å². The second-order valence-corrected chi connectivity index (χ2v) is 16.7. The van der Waals surface area contributed by atoms with Crippen LogP contribution >= 0.6 is 0 Å². The van der Waals surface area contributed by atoms with E-state index in [0.29, 0.717) is 0 Å². The molecule has 1 aromatic heterocycles. The van der Waals surface area contributed by atoms with Crippen LogP contribution in [0.15, 0.2) is 218 Å². The molecule has 0 saturated carbocycles. The van der Waals surface area contributed by atoms with Gasteiger partial charge in [-0.2, -0.15) is 0 Å². The van der Waals surface area contributed by atoms with Crippen molar-refractivity contribution in [3.05, 3.63) is 251 Å². The largest absolute Gasteiger partial charge is 0.380 e. The second-order valence-electron chi connectivity index (χ2n) is 16.7. The summed E-state index contributed by atoms with van der Waals surface area (Å²) in [5.41, 5.74) is 17.4. The molecule has 4 atom stereocenters. The quantitative estimate of drug-likeness (QED) is 0.143. The summed E-state index contributed by atoms with van der Waals surface area (Å²) in [5.74, 6) is 1.38. The fraction of sp³-hybridized carbons (Fsp3) is 0.172. The maximum atomic E-state index is 5.25. The minimum Gasteiger partial charge on any atom is -0.380 e. The normalized spacial score (nSPS) is 21.1. The summed E-state index contributed by atoms with van der Waals surface area (Å²) < 4.78 is 0. The lowest BCUT2D eigenvalue weighted by Crippen LogP contribution is -2.36. The minimum absolute atomic E-state index is 0.0299. The number of benzene rings is 4. The molecule has 0 saturated heterocycles. The maximum absolute atomic E-state index is 5.25. The molecule has 3 heteroatoms. The van der Waals surface area contributed by atoms with Crippen LogP contribution in [0, 0.1) is 11.8 Å². The zero-order chi connectivity index (χ0) is 41.0. The third-order valence-corrected chi connectivity index (χ3v) is 13.0. The van der Waals surface area contributed by atoms with E-state index in [0.717, 1.165) is 61.3 Å². The molecule has 1 N–H and O–H groups in total. The molecule has 10 rings (SSSR count). The van der Waals surface area contributed by atoms with E-state index in [1.807, 2.05) is 0 Å². The molecular weight excluding hydrogens is 739 g/mol. The molecule has 5 aromatic rings. The Morgan fingerprint density at radius 3 is 1.77 bits per heavy atom. The molecule has 298 valence electrons. The van der Waals surface area contributed by atoms with Crippen molar-refractivity contribution in [1.29, 1.82) is 0 Å². The Bertz CT molecular complexity index is 2740. The van der Waals surface area contributed by atoms with Crippen molar-refractivity contribution in [2.75, 3.05) is 0 Å². The zero-order valence-corrected chi connectivity index (χ0v) is 34.6. The van der Waals surface area contributed by atoms with Gasteiger partial charge in [0.25, 0.3) is 0 Å². The lowest BCUT2D eigenvalue weighted by atomic mass is 9.71. The van der Waals surface area contributed by atoms with Gasteiger partial charge in [-0.25, -0.2) is 9.97 Å². The molecule has 2 heterocycles. The van der Waals surface area contributed by atoms with Gasteiger partial charge in [0.1, 0.15) is 0 Å². The van der Waals surface area contributed by atoms with Crippen molar-refractivity contribution >= 4 is 22.3 Å². The standard InChI is InChI=1S/C58H51N3/c1-40(41-19-7-2-8-20-41)54(46-23-11-4-12-24-46)57-51-30-18-17-29-50(51)55(56(61-57)48-25-13-5-14-26-48)47-37-35-45(36-38-47)53-39-52(59-58(60-53)49-27-15-6-16-28-49)44-33-31-43(32-34-44)42-21-9-3-10-22-42/h2-19,21-25,27-31,33,35,37,39,41,48,54,57,61H,1,20,26,32,34,36,38H2. The Hall–Kier alpha value is -6.84. The van der Waals surface area contributed by atoms with Gasteiger partial charge in [-0.15, -0.1) is 0 Å². The lowest BCUT2D eigenvalue weighted by Gasteiger charge is -2.41. The van der Waals surface area contributed by atoms with Crippen molar-refractivity contribution in [2.24, 2.45) is 11.8 Å². The van der Waals surface area contributed by atoms with Gasteiger partial charge in [0.05, 0.1) is 17.4 Å². The summed E-state index contributed by atoms with van der Waals surface area (Å²) in [6.07, 6.45) is 32.9. The molecule has 61 heavy (non-hydrogen) atoms. The van der Waals surface area contributed by atoms with Gasteiger partial charge in [0.2, 0.25) is 0 Å². The Morgan fingerprint density at radius 1 is 0.574 bits per heavy atom. The van der Waals surface area contributed by atoms with Gasteiger partial charge in [0, 0.05) is 34.6 Å². The van der Waals surface area contributed by atoms with E-state index in [1.165, 1.54) is 61.4 Å². The molecule has 4 aliphatic carbocycles. The van der Waals surface area contributed by atoms with Gasteiger partial charge in [-0.3, -0.25) is 0 Å². The Balaban J connectivity index is 1.05. The van der Waals surface area contributed by atoms with Crippen LogP contribution in [0.2, 0.25) is 0 Å². The van der Waals surface area contributed by atoms with Crippen molar-refractivity contribution in [2.45, 2.75) is 50.5 Å². The maximum Gasteiger partial charge on any atom is 0.160 e. The summed E-state index contributed by atoms with van der Waals surface area (Å²) in [4.78, 5) is 10.4. The van der Waals surface area contributed by atoms with E-state index < -0.39 is 0 Å². The van der Waals surface area contributed by atoms with Crippen LogP contribution in [-0.4, -0.2) is 9.97 Å². The highest BCUT2D eigenvalue weighted by atomic mass is 15.0. The highest BCUT2D eigenvalue weighted by molar-refractivity contribution is 5.88. The SMILES string of the molecule is C=C(C1C=CC=CC1)C(c1ccccc1)C1NC(C2C=CC=CC2)=C(C2=CC=C(c3cc(C4=CC=C(c5ccccc5)CC4)nc(-c4ccccc4)n3)CC2)c2ccccc21. The predicted molar refractivity (Wildman–Crippen MR) is 255 cm³/mol. The van der Waals surface area contributed by atoms with Crippen molar-refractivity contribution in [3.63, 3.8) is 0 Å². The third-order valence-electron chi connectivity index (χ3n) is 13.0. The Morgan fingerprint density at radius 2 is 1.15 bits per heavy atom. The van der Waals surface area contributed by atoms with Crippen LogP contribution in [0.25, 0.3) is 33.7 Å². The minimum atomic E-state index is 0.0299. The molecule has 3 nitrogen and oxygen atoms in total. The monoisotopic (exact) mass is 789 g/mol. The van der Waals surface area contributed by atoms with E-state index >= 15 is 0 Å². The van der Waals surface area contributed by atoms with Gasteiger partial charge >= 0.3 is 0 Å². The first-order valence-corrected chi connectivity index (χ1v) is 22.0. The summed E-state index contributed by atoms with van der Waals surface area (Å²) >= 11 is 0. The van der Waals surface area contributed by atoms with E-state index in [-0.39, 0.29) is 23.8 Å². The predicted octanol–water partition coefficient (Wildman–Crippen LogP) is 14.2. The molecular formula is C58H51N3. The van der Waals surface area contributed by atoms with Crippen LogP contribution < -0.4 is 5.32 Å². The Labute approximate surface area is 361 Å². The van der Waals surface area contributed by atoms with Crippen molar-refractivity contribution < 1.29 is 0 Å². The fourth-order valence-corrected chi connectivity index (χ4v) is 9.82.